The lowest BCUT2D eigenvalue weighted by atomic mass is 10.3. The number of H-pyrrole nitrogens is 1. The fourth-order valence-corrected chi connectivity index (χ4v) is 2.30. The summed E-state index contributed by atoms with van der Waals surface area (Å²) >= 11 is 5.74. The van der Waals surface area contributed by atoms with Gasteiger partial charge in [-0.15, -0.1) is 0 Å². The van der Waals surface area contributed by atoms with E-state index in [4.69, 9.17) is 11.6 Å². The highest BCUT2D eigenvalue weighted by atomic mass is 35.5. The third kappa shape index (κ3) is 2.34. The molecule has 2 aromatic rings. The number of imidazole rings is 1. The Hall–Kier alpha value is -1.53. The third-order valence-corrected chi connectivity index (χ3v) is 3.38. The molecule has 1 aromatic carbocycles. The number of sulfonamides is 1. The summed E-state index contributed by atoms with van der Waals surface area (Å²) in [6.07, 6.45) is 2.53. The van der Waals surface area contributed by atoms with E-state index in [1.807, 2.05) is 0 Å². The first-order valence-electron chi connectivity index (χ1n) is 4.35. The van der Waals surface area contributed by atoms with Gasteiger partial charge >= 0.3 is 0 Å². The number of nitrogens with zero attached hydrogens (tertiary/aromatic N) is 1. The molecule has 0 spiro atoms. The summed E-state index contributed by atoms with van der Waals surface area (Å²) in [4.78, 5) is 6.16. The van der Waals surface area contributed by atoms with Crippen molar-refractivity contribution in [3.05, 3.63) is 41.8 Å². The average molecular weight is 258 g/mol. The van der Waals surface area contributed by atoms with Gasteiger partial charge in [-0.1, -0.05) is 17.7 Å². The van der Waals surface area contributed by atoms with E-state index in [-0.39, 0.29) is 5.03 Å². The molecule has 0 fully saturated rings. The van der Waals surface area contributed by atoms with Gasteiger partial charge in [-0.25, -0.2) is 4.98 Å². The van der Waals surface area contributed by atoms with Crippen LogP contribution in [-0.2, 0) is 10.0 Å². The maximum absolute atomic E-state index is 11.7. The Labute approximate surface area is 97.5 Å². The van der Waals surface area contributed by atoms with Crippen LogP contribution in [0.25, 0.3) is 0 Å². The van der Waals surface area contributed by atoms with Crippen LogP contribution in [0.4, 0.5) is 5.69 Å². The van der Waals surface area contributed by atoms with Gasteiger partial charge in [0.1, 0.15) is 0 Å². The first-order chi connectivity index (χ1) is 7.58. The smallest absolute Gasteiger partial charge is 0.278 e. The molecular formula is C9H8ClN3O2S. The van der Waals surface area contributed by atoms with E-state index in [2.05, 4.69) is 14.7 Å². The normalized spacial score (nSPS) is 11.3. The van der Waals surface area contributed by atoms with Crippen molar-refractivity contribution in [3.63, 3.8) is 0 Å². The van der Waals surface area contributed by atoms with Gasteiger partial charge in [0, 0.05) is 5.02 Å². The Morgan fingerprint density at radius 1 is 1.38 bits per heavy atom. The van der Waals surface area contributed by atoms with Crippen LogP contribution in [0.2, 0.25) is 5.02 Å². The molecule has 0 aliphatic rings. The number of aromatic amines is 1. The monoisotopic (exact) mass is 257 g/mol. The SMILES string of the molecule is O=S(=O)(Nc1cccc(Cl)c1)c1cnc[nH]1. The highest BCUT2D eigenvalue weighted by Crippen LogP contribution is 2.18. The van der Waals surface area contributed by atoms with Crippen LogP contribution in [0.3, 0.4) is 0 Å². The lowest BCUT2D eigenvalue weighted by molar-refractivity contribution is 0.598. The largest absolute Gasteiger partial charge is 0.334 e. The molecule has 1 aromatic heterocycles. The molecule has 0 aliphatic heterocycles. The minimum Gasteiger partial charge on any atom is -0.334 e. The number of aromatic nitrogens is 2. The molecule has 2 rings (SSSR count). The fourth-order valence-electron chi connectivity index (χ4n) is 1.15. The summed E-state index contributed by atoms with van der Waals surface area (Å²) in [6.45, 7) is 0. The molecule has 84 valence electrons. The van der Waals surface area contributed by atoms with Gasteiger partial charge in [0.15, 0.2) is 5.03 Å². The standard InChI is InChI=1S/C9H8ClN3O2S/c10-7-2-1-3-8(4-7)13-16(14,15)9-5-11-6-12-9/h1-6,13H,(H,11,12). The summed E-state index contributed by atoms with van der Waals surface area (Å²) in [5, 5.41) is 0.470. The van der Waals surface area contributed by atoms with Crippen LogP contribution in [0.1, 0.15) is 0 Å². The predicted octanol–water partition coefficient (Wildman–Crippen LogP) is 1.86. The van der Waals surface area contributed by atoms with E-state index in [0.717, 1.165) is 0 Å². The van der Waals surface area contributed by atoms with E-state index < -0.39 is 10.0 Å². The van der Waals surface area contributed by atoms with Gasteiger partial charge in [-0.05, 0) is 18.2 Å². The Kier molecular flexibility index (Phi) is 2.84. The molecule has 16 heavy (non-hydrogen) atoms. The Morgan fingerprint density at radius 2 is 2.19 bits per heavy atom. The minimum absolute atomic E-state index is 0.00692. The zero-order valence-corrected chi connectivity index (χ0v) is 9.59. The van der Waals surface area contributed by atoms with Gasteiger partial charge in [-0.3, -0.25) is 4.72 Å². The Morgan fingerprint density at radius 3 is 2.81 bits per heavy atom. The molecule has 0 saturated heterocycles. The number of anilines is 1. The van der Waals surface area contributed by atoms with Crippen LogP contribution in [0.15, 0.2) is 41.8 Å². The highest BCUT2D eigenvalue weighted by molar-refractivity contribution is 7.92. The zero-order chi connectivity index (χ0) is 11.6. The molecule has 2 N–H and O–H groups in total. The van der Waals surface area contributed by atoms with Crippen molar-refractivity contribution in [2.75, 3.05) is 4.72 Å². The van der Waals surface area contributed by atoms with Crippen LogP contribution in [0, 0.1) is 0 Å². The summed E-state index contributed by atoms with van der Waals surface area (Å²) in [5.74, 6) is 0. The van der Waals surface area contributed by atoms with Crippen molar-refractivity contribution in [3.8, 4) is 0 Å². The molecule has 0 saturated carbocycles. The number of halogens is 1. The van der Waals surface area contributed by atoms with Crippen LogP contribution in [-0.4, -0.2) is 18.4 Å². The van der Waals surface area contributed by atoms with Gasteiger partial charge in [0.25, 0.3) is 10.0 Å². The maximum atomic E-state index is 11.7. The lowest BCUT2D eigenvalue weighted by Crippen LogP contribution is -2.13. The van der Waals surface area contributed by atoms with E-state index in [0.29, 0.717) is 10.7 Å². The molecular weight excluding hydrogens is 250 g/mol. The second kappa shape index (κ2) is 4.15. The van der Waals surface area contributed by atoms with Crippen LogP contribution >= 0.6 is 11.6 Å². The molecule has 7 heteroatoms. The van der Waals surface area contributed by atoms with E-state index in [1.54, 1.807) is 18.2 Å². The zero-order valence-electron chi connectivity index (χ0n) is 8.01. The van der Waals surface area contributed by atoms with Crippen molar-refractivity contribution in [2.45, 2.75) is 5.03 Å². The second-order valence-electron chi connectivity index (χ2n) is 3.03. The maximum Gasteiger partial charge on any atom is 0.278 e. The lowest BCUT2D eigenvalue weighted by Gasteiger charge is -2.05. The summed E-state index contributed by atoms with van der Waals surface area (Å²) < 4.78 is 25.9. The van der Waals surface area contributed by atoms with Crippen molar-refractivity contribution >= 4 is 27.3 Å². The molecule has 0 bridgehead atoms. The van der Waals surface area contributed by atoms with Gasteiger partial charge in [0.2, 0.25) is 0 Å². The second-order valence-corrected chi connectivity index (χ2v) is 5.12. The highest BCUT2D eigenvalue weighted by Gasteiger charge is 2.15. The third-order valence-electron chi connectivity index (χ3n) is 1.84. The number of rotatable bonds is 3. The van der Waals surface area contributed by atoms with Crippen LogP contribution in [0.5, 0.6) is 0 Å². The number of hydrogen-bond acceptors (Lipinski definition) is 3. The summed E-state index contributed by atoms with van der Waals surface area (Å²) in [5.41, 5.74) is 0.405. The number of nitrogens with one attached hydrogen (secondary N) is 2. The van der Waals surface area contributed by atoms with Gasteiger partial charge < -0.3 is 4.98 Å². The molecule has 5 nitrogen and oxygen atoms in total. The van der Waals surface area contributed by atoms with Crippen LogP contribution < -0.4 is 4.72 Å². The average Bonchev–Trinajstić information content (AvgIpc) is 2.69. The minimum atomic E-state index is -3.61. The quantitative estimate of drug-likeness (QED) is 0.881. The number of hydrogen-bond donors (Lipinski definition) is 2. The van der Waals surface area contributed by atoms with Crippen molar-refractivity contribution in [1.29, 1.82) is 0 Å². The van der Waals surface area contributed by atoms with Gasteiger partial charge in [-0.2, -0.15) is 8.42 Å². The summed E-state index contributed by atoms with van der Waals surface area (Å²) in [6, 6.07) is 6.46. The molecule has 0 atom stereocenters. The number of benzene rings is 1. The van der Waals surface area contributed by atoms with Crippen molar-refractivity contribution in [2.24, 2.45) is 0 Å². The molecule has 0 amide bonds. The van der Waals surface area contributed by atoms with E-state index in [9.17, 15) is 8.42 Å². The summed E-state index contributed by atoms with van der Waals surface area (Å²) in [7, 11) is -3.61. The topological polar surface area (TPSA) is 74.8 Å². The first-order valence-corrected chi connectivity index (χ1v) is 6.21. The fraction of sp³-hybridized carbons (Fsp3) is 0. The van der Waals surface area contributed by atoms with E-state index in [1.165, 1.54) is 18.6 Å². The first kappa shape index (κ1) is 11.0. The van der Waals surface area contributed by atoms with Crippen molar-refractivity contribution < 1.29 is 8.42 Å². The molecule has 0 aliphatic carbocycles. The molecule has 0 radical (unpaired) electrons. The Bertz CT molecular complexity index is 581. The molecule has 0 unspecified atom stereocenters. The Balaban J connectivity index is 2.29. The van der Waals surface area contributed by atoms with E-state index >= 15 is 0 Å². The van der Waals surface area contributed by atoms with Gasteiger partial charge in [0.05, 0.1) is 18.2 Å². The molecule has 1 heterocycles. The van der Waals surface area contributed by atoms with Crippen molar-refractivity contribution in [1.82, 2.24) is 9.97 Å². The predicted molar refractivity (Wildman–Crippen MR) is 60.8 cm³/mol.